The zero-order chi connectivity index (χ0) is 30.1. The highest BCUT2D eigenvalue weighted by Crippen LogP contribution is 2.36. The molecule has 1 aliphatic carbocycles. The molecule has 1 aromatic carbocycles. The molecule has 2 heterocycles. The second kappa shape index (κ2) is 14.9. The number of amides is 2. The summed E-state index contributed by atoms with van der Waals surface area (Å²) < 4.78 is 25.4. The lowest BCUT2D eigenvalue weighted by atomic mass is 9.75. The number of carbonyl (C=O) groups excluding carboxylic acids is 2. The average molecular weight is 584 g/mol. The molecular weight excluding hydrogens is 532 g/mol. The van der Waals surface area contributed by atoms with E-state index < -0.39 is 17.7 Å². The Kier molecular flexibility index (Phi) is 12.9. The number of nitrogens with one attached hydrogen (secondary N) is 1. The molecule has 0 bridgehead atoms. The molecular formula is C32H52ClF2N3O2. The number of alkyl halides is 2. The minimum atomic E-state index is -2.62. The van der Waals surface area contributed by atoms with E-state index in [1.54, 1.807) is 4.90 Å². The molecule has 0 spiro atoms. The zero-order valence-electron chi connectivity index (χ0n) is 25.7. The van der Waals surface area contributed by atoms with E-state index in [-0.39, 0.29) is 6.04 Å². The molecule has 4 rings (SSSR count). The van der Waals surface area contributed by atoms with Crippen molar-refractivity contribution in [2.75, 3.05) is 26.2 Å². The van der Waals surface area contributed by atoms with Crippen LogP contribution in [0, 0.1) is 10.8 Å². The maximum absolute atomic E-state index is 12.7. The van der Waals surface area contributed by atoms with E-state index in [0.29, 0.717) is 16.9 Å². The van der Waals surface area contributed by atoms with Gasteiger partial charge in [-0.05, 0) is 115 Å². The Morgan fingerprint density at radius 3 is 1.98 bits per heavy atom. The molecule has 1 unspecified atom stereocenters. The molecule has 1 N–H and O–H groups in total. The summed E-state index contributed by atoms with van der Waals surface area (Å²) in [6, 6.07) is 8.39. The number of rotatable bonds is 5. The van der Waals surface area contributed by atoms with Crippen LogP contribution in [-0.4, -0.2) is 66.3 Å². The van der Waals surface area contributed by atoms with E-state index in [2.05, 4.69) is 57.0 Å². The lowest BCUT2D eigenvalue weighted by Gasteiger charge is -2.36. The van der Waals surface area contributed by atoms with Crippen LogP contribution in [0.15, 0.2) is 24.3 Å². The van der Waals surface area contributed by atoms with Crippen molar-refractivity contribution < 1.29 is 18.4 Å². The number of carbonyl (C=O) groups is 2. The van der Waals surface area contributed by atoms with Gasteiger partial charge in [-0.3, -0.25) is 14.5 Å². The number of likely N-dealkylation sites (tertiary alicyclic amines) is 2. The molecule has 5 nitrogen and oxygen atoms in total. The summed E-state index contributed by atoms with van der Waals surface area (Å²) in [5.41, 5.74) is 0.448. The number of hydrogen-bond acceptors (Lipinski definition) is 3. The first-order valence-corrected chi connectivity index (χ1v) is 15.2. The SMILES string of the molecule is CC(C)(C)N1CCC(c2ccc(Cl)cc2)C1.CC1(C)CCC(NC(=O)C(C)(C)C(F)F)CC1.O=CN1CCCC1. The number of halogens is 3. The monoisotopic (exact) mass is 583 g/mol. The van der Waals surface area contributed by atoms with Crippen molar-refractivity contribution in [1.29, 1.82) is 0 Å². The van der Waals surface area contributed by atoms with Crippen LogP contribution in [0.3, 0.4) is 0 Å². The molecule has 1 aromatic rings. The second-order valence-corrected chi connectivity index (χ2v) is 14.4. The van der Waals surface area contributed by atoms with Gasteiger partial charge in [-0.1, -0.05) is 37.6 Å². The van der Waals surface area contributed by atoms with Crippen LogP contribution in [0.25, 0.3) is 0 Å². The minimum Gasteiger partial charge on any atom is -0.353 e. The van der Waals surface area contributed by atoms with Gasteiger partial charge in [0.15, 0.2) is 0 Å². The van der Waals surface area contributed by atoms with Gasteiger partial charge in [0.2, 0.25) is 12.3 Å². The predicted molar refractivity (Wildman–Crippen MR) is 161 cm³/mol. The standard InChI is InChI=1S/C14H20ClN.C13H23F2NO.C5H9NO/c1-14(2,3)16-9-8-12(10-16)11-4-6-13(15)7-5-11;1-12(2)7-5-9(6-8-12)16-11(17)13(3,4)10(14)15;7-5-6-3-1-2-4-6/h4-7,12H,8-10H2,1-3H3;9-10H,5-8H2,1-4H3,(H,16,17);5H,1-4H2. The van der Waals surface area contributed by atoms with Gasteiger partial charge < -0.3 is 10.2 Å². The summed E-state index contributed by atoms with van der Waals surface area (Å²) in [5.74, 6) is 0.147. The van der Waals surface area contributed by atoms with Gasteiger partial charge in [-0.2, -0.15) is 0 Å². The van der Waals surface area contributed by atoms with Gasteiger partial charge in [-0.15, -0.1) is 0 Å². The molecule has 2 amide bonds. The third kappa shape index (κ3) is 10.9. The van der Waals surface area contributed by atoms with Crippen molar-refractivity contribution in [2.45, 2.75) is 117 Å². The fraction of sp³-hybridized carbons (Fsp3) is 0.750. The first-order valence-electron chi connectivity index (χ1n) is 14.8. The van der Waals surface area contributed by atoms with Crippen molar-refractivity contribution in [2.24, 2.45) is 10.8 Å². The smallest absolute Gasteiger partial charge is 0.252 e. The van der Waals surface area contributed by atoms with E-state index in [1.165, 1.54) is 51.8 Å². The maximum atomic E-state index is 12.7. The molecule has 0 aromatic heterocycles. The van der Waals surface area contributed by atoms with Crippen LogP contribution in [0.2, 0.25) is 5.02 Å². The second-order valence-electron chi connectivity index (χ2n) is 13.9. The van der Waals surface area contributed by atoms with Gasteiger partial charge in [0, 0.05) is 36.2 Å². The molecule has 8 heteroatoms. The van der Waals surface area contributed by atoms with Gasteiger partial charge in [0.25, 0.3) is 6.43 Å². The molecule has 1 saturated carbocycles. The van der Waals surface area contributed by atoms with Gasteiger partial charge in [-0.25, -0.2) is 8.78 Å². The topological polar surface area (TPSA) is 52.7 Å². The first-order chi connectivity index (χ1) is 18.5. The van der Waals surface area contributed by atoms with E-state index in [1.807, 2.05) is 12.1 Å². The summed E-state index contributed by atoms with van der Waals surface area (Å²) >= 11 is 5.91. The third-order valence-electron chi connectivity index (χ3n) is 8.57. The molecule has 3 aliphatic rings. The number of hydrogen-bond donors (Lipinski definition) is 1. The summed E-state index contributed by atoms with van der Waals surface area (Å²) in [7, 11) is 0. The fourth-order valence-corrected chi connectivity index (χ4v) is 5.36. The Labute approximate surface area is 246 Å². The number of nitrogens with zero attached hydrogens (tertiary/aromatic N) is 2. The maximum Gasteiger partial charge on any atom is 0.252 e. The minimum absolute atomic E-state index is 0.0635. The quantitative estimate of drug-likeness (QED) is 0.365. The Morgan fingerprint density at radius 1 is 1.00 bits per heavy atom. The van der Waals surface area contributed by atoms with E-state index in [9.17, 15) is 18.4 Å². The van der Waals surface area contributed by atoms with E-state index in [0.717, 1.165) is 50.2 Å². The molecule has 3 fully saturated rings. The fourth-order valence-electron chi connectivity index (χ4n) is 5.24. The predicted octanol–water partition coefficient (Wildman–Crippen LogP) is 7.53. The van der Waals surface area contributed by atoms with Crippen molar-refractivity contribution in [3.8, 4) is 0 Å². The van der Waals surface area contributed by atoms with Crippen molar-refractivity contribution in [1.82, 2.24) is 15.1 Å². The van der Waals surface area contributed by atoms with E-state index in [4.69, 9.17) is 11.6 Å². The first kappa shape index (κ1) is 34.5. The van der Waals surface area contributed by atoms with Crippen LogP contribution >= 0.6 is 11.6 Å². The largest absolute Gasteiger partial charge is 0.353 e. The van der Waals surface area contributed by atoms with Crippen molar-refractivity contribution in [3.63, 3.8) is 0 Å². The summed E-state index contributed by atoms with van der Waals surface area (Å²) in [4.78, 5) is 26.0. The molecule has 40 heavy (non-hydrogen) atoms. The summed E-state index contributed by atoms with van der Waals surface area (Å²) in [5, 5.41) is 3.59. The molecule has 2 saturated heterocycles. The Balaban J connectivity index is 0.000000227. The van der Waals surface area contributed by atoms with Gasteiger partial charge in [0.05, 0.1) is 0 Å². The van der Waals surface area contributed by atoms with E-state index >= 15 is 0 Å². The Morgan fingerprint density at radius 2 is 1.55 bits per heavy atom. The lowest BCUT2D eigenvalue weighted by Crippen LogP contribution is -2.47. The van der Waals surface area contributed by atoms with Crippen LogP contribution in [-0.2, 0) is 9.59 Å². The van der Waals surface area contributed by atoms with Crippen molar-refractivity contribution in [3.05, 3.63) is 34.9 Å². The average Bonchev–Trinajstić information content (AvgIpc) is 3.59. The molecule has 1 atom stereocenters. The zero-order valence-corrected chi connectivity index (χ0v) is 26.5. The Bertz CT molecular complexity index is 915. The summed E-state index contributed by atoms with van der Waals surface area (Å²) in [6.07, 6.45) is 5.79. The van der Waals surface area contributed by atoms with Gasteiger partial charge >= 0.3 is 0 Å². The third-order valence-corrected chi connectivity index (χ3v) is 8.83. The lowest BCUT2D eigenvalue weighted by molar-refractivity contribution is -0.138. The highest BCUT2D eigenvalue weighted by Gasteiger charge is 2.39. The highest BCUT2D eigenvalue weighted by molar-refractivity contribution is 6.30. The highest BCUT2D eigenvalue weighted by atomic mass is 35.5. The van der Waals surface area contributed by atoms with Crippen LogP contribution in [0.5, 0.6) is 0 Å². The van der Waals surface area contributed by atoms with Gasteiger partial charge in [0.1, 0.15) is 5.41 Å². The normalized spacial score (nSPS) is 21.8. The Hall–Kier alpha value is -1.73. The molecule has 2 aliphatic heterocycles. The van der Waals surface area contributed by atoms with Crippen LogP contribution in [0.4, 0.5) is 8.78 Å². The van der Waals surface area contributed by atoms with Crippen LogP contribution < -0.4 is 5.32 Å². The number of benzene rings is 1. The molecule has 0 radical (unpaired) electrons. The van der Waals surface area contributed by atoms with Crippen molar-refractivity contribution >= 4 is 23.9 Å². The van der Waals surface area contributed by atoms with Crippen LogP contribution in [0.1, 0.15) is 105 Å². The summed E-state index contributed by atoms with van der Waals surface area (Å²) in [6.45, 7) is 18.2. The molecule has 228 valence electrons.